The lowest BCUT2D eigenvalue weighted by molar-refractivity contribution is 0.153. The van der Waals surface area contributed by atoms with E-state index in [1.54, 1.807) is 27.5 Å². The summed E-state index contributed by atoms with van der Waals surface area (Å²) >= 11 is 3.62. The topological polar surface area (TPSA) is 123 Å². The van der Waals surface area contributed by atoms with Crippen LogP contribution >= 0.6 is 24.5 Å². The maximum Gasteiger partial charge on any atom is 0.396 e. The summed E-state index contributed by atoms with van der Waals surface area (Å²) in [5, 5.41) is 14.8. The largest absolute Gasteiger partial charge is 0.494 e. The summed E-state index contributed by atoms with van der Waals surface area (Å²) in [4.78, 5) is 14.5. The van der Waals surface area contributed by atoms with Crippen molar-refractivity contribution in [3.05, 3.63) is 58.5 Å². The molecule has 0 unspecified atom stereocenters. The van der Waals surface area contributed by atoms with Crippen LogP contribution in [-0.2, 0) is 16.1 Å². The molecule has 0 aliphatic carbocycles. The summed E-state index contributed by atoms with van der Waals surface area (Å²) in [6.07, 6.45) is 8.09. The van der Waals surface area contributed by atoms with Gasteiger partial charge in [0.15, 0.2) is 5.75 Å². The van der Waals surface area contributed by atoms with Gasteiger partial charge in [-0.3, -0.25) is 9.58 Å². The first kappa shape index (κ1) is 35.3. The van der Waals surface area contributed by atoms with Crippen molar-refractivity contribution < 1.29 is 18.3 Å². The molecule has 13 nitrogen and oxygen atoms in total. The van der Waals surface area contributed by atoms with Gasteiger partial charge < -0.3 is 39.2 Å². The summed E-state index contributed by atoms with van der Waals surface area (Å²) in [6, 6.07) is 8.86. The Kier molecular flexibility index (Phi) is 11.5. The summed E-state index contributed by atoms with van der Waals surface area (Å²) in [7, 11) is 5.18. The van der Waals surface area contributed by atoms with Gasteiger partial charge in [0, 0.05) is 88.8 Å². The van der Waals surface area contributed by atoms with E-state index in [1.165, 1.54) is 12.8 Å². The highest BCUT2D eigenvalue weighted by atomic mass is 79.9. The number of aromatic nitrogens is 4. The Hall–Kier alpha value is -3.52. The number of aryl methyl sites for hydroxylation is 2. The lowest BCUT2D eigenvalue weighted by Crippen LogP contribution is -2.52. The standard InChI is InChI=1S/C34H45BrN9O4P/c1-22-7-8-28(32(23(22)2)48-49(46-5)47-6)39-33-27(35)20-37-34(41-33)40-29-17-26(24-19-38-42(3)21-24)30(18-31(29)45-4)44-15-13-43(14-16-44)25-9-11-36-12-10-25/h7-8,17-21,25,36H,9-16H2,1-6H3,(H2,37,39,40,41). The average molecular weight is 755 g/mol. The van der Waals surface area contributed by atoms with Gasteiger partial charge in [-0.15, -0.1) is 0 Å². The van der Waals surface area contributed by atoms with Crippen molar-refractivity contribution in [3.63, 3.8) is 0 Å². The van der Waals surface area contributed by atoms with E-state index in [1.807, 2.05) is 50.1 Å². The Morgan fingerprint density at radius 3 is 2.39 bits per heavy atom. The molecule has 2 aliphatic rings. The van der Waals surface area contributed by atoms with Crippen LogP contribution in [-0.4, -0.2) is 91.3 Å². The van der Waals surface area contributed by atoms with Crippen molar-refractivity contribution >= 4 is 53.4 Å². The van der Waals surface area contributed by atoms with Crippen LogP contribution in [0.1, 0.15) is 24.0 Å². The van der Waals surface area contributed by atoms with Gasteiger partial charge in [-0.05, 0) is 79.0 Å². The molecule has 0 bridgehead atoms. The third-order valence-electron chi connectivity index (χ3n) is 9.20. The van der Waals surface area contributed by atoms with Crippen LogP contribution in [0.15, 0.2) is 47.3 Å². The number of nitrogens with one attached hydrogen (secondary N) is 3. The minimum atomic E-state index is -1.56. The molecule has 0 radical (unpaired) electrons. The van der Waals surface area contributed by atoms with Gasteiger partial charge in [-0.1, -0.05) is 6.07 Å². The highest BCUT2D eigenvalue weighted by Crippen LogP contribution is 2.45. The molecule has 4 heterocycles. The van der Waals surface area contributed by atoms with Crippen molar-refractivity contribution in [3.8, 4) is 22.6 Å². The van der Waals surface area contributed by atoms with Crippen molar-refractivity contribution in [1.29, 1.82) is 0 Å². The fraction of sp³-hybridized carbons (Fsp3) is 0.441. The highest BCUT2D eigenvalue weighted by molar-refractivity contribution is 9.10. The molecule has 4 aromatic rings. The molecule has 6 rings (SSSR count). The average Bonchev–Trinajstić information content (AvgIpc) is 3.57. The van der Waals surface area contributed by atoms with Gasteiger partial charge in [0.25, 0.3) is 0 Å². The maximum absolute atomic E-state index is 6.13. The molecule has 2 aromatic heterocycles. The SMILES string of the molecule is COc1cc(N2CCN(C3CCNCC3)CC2)c(-c2cnn(C)c2)cc1Nc1ncc(Br)c(Nc2ccc(C)c(C)c2OP(OC)OC)n1. The Balaban J connectivity index is 1.28. The van der Waals surface area contributed by atoms with Crippen LogP contribution in [0.2, 0.25) is 0 Å². The smallest absolute Gasteiger partial charge is 0.396 e. The highest BCUT2D eigenvalue weighted by Gasteiger charge is 2.27. The zero-order chi connectivity index (χ0) is 34.5. The van der Waals surface area contributed by atoms with Crippen molar-refractivity contribution in [2.45, 2.75) is 32.7 Å². The molecular weight excluding hydrogens is 709 g/mol. The third-order valence-corrected chi connectivity index (χ3v) is 10.7. The molecular formula is C34H45BrN9O4P. The summed E-state index contributed by atoms with van der Waals surface area (Å²) in [6.45, 7) is 10.2. The van der Waals surface area contributed by atoms with Gasteiger partial charge in [-0.25, -0.2) is 4.98 Å². The van der Waals surface area contributed by atoms with Gasteiger partial charge in [-0.2, -0.15) is 10.1 Å². The number of piperazine rings is 1. The minimum absolute atomic E-state index is 0.395. The van der Waals surface area contributed by atoms with Crippen LogP contribution in [0.4, 0.5) is 28.8 Å². The number of piperidine rings is 1. The molecule has 3 N–H and O–H groups in total. The van der Waals surface area contributed by atoms with Crippen molar-refractivity contribution in [1.82, 2.24) is 30.0 Å². The molecule has 262 valence electrons. The quantitative estimate of drug-likeness (QED) is 0.137. The normalized spacial score (nSPS) is 15.9. The monoisotopic (exact) mass is 753 g/mol. The lowest BCUT2D eigenvalue weighted by Gasteiger charge is -2.42. The number of hydrogen-bond donors (Lipinski definition) is 3. The summed E-state index contributed by atoms with van der Waals surface area (Å²) in [5.74, 6) is 2.28. The van der Waals surface area contributed by atoms with Gasteiger partial charge >= 0.3 is 8.60 Å². The van der Waals surface area contributed by atoms with E-state index in [-0.39, 0.29) is 0 Å². The number of methoxy groups -OCH3 is 1. The molecule has 2 aliphatic heterocycles. The van der Waals surface area contributed by atoms with E-state index in [9.17, 15) is 0 Å². The molecule has 0 saturated carbocycles. The zero-order valence-corrected chi connectivity index (χ0v) is 31.4. The molecule has 0 spiro atoms. The van der Waals surface area contributed by atoms with E-state index in [2.05, 4.69) is 63.9 Å². The molecule has 2 saturated heterocycles. The summed E-state index contributed by atoms with van der Waals surface area (Å²) in [5.41, 5.74) is 6.72. The molecule has 0 atom stereocenters. The van der Waals surface area contributed by atoms with Crippen molar-refractivity contribution in [2.75, 3.05) is 76.1 Å². The van der Waals surface area contributed by atoms with Gasteiger partial charge in [0.2, 0.25) is 5.95 Å². The number of ether oxygens (including phenoxy) is 1. The van der Waals surface area contributed by atoms with E-state index in [0.717, 1.165) is 78.6 Å². The first-order valence-electron chi connectivity index (χ1n) is 16.4. The number of anilines is 5. The third kappa shape index (κ3) is 8.11. The van der Waals surface area contributed by atoms with Crippen LogP contribution in [0.25, 0.3) is 11.1 Å². The lowest BCUT2D eigenvalue weighted by atomic mass is 10.0. The number of hydrogen-bond acceptors (Lipinski definition) is 12. The first-order chi connectivity index (χ1) is 23.8. The van der Waals surface area contributed by atoms with Crippen molar-refractivity contribution in [2.24, 2.45) is 7.05 Å². The molecule has 2 fully saturated rings. The molecule has 2 aromatic carbocycles. The van der Waals surface area contributed by atoms with Gasteiger partial charge in [0.1, 0.15) is 11.6 Å². The Morgan fingerprint density at radius 1 is 0.959 bits per heavy atom. The maximum atomic E-state index is 6.13. The fourth-order valence-electron chi connectivity index (χ4n) is 6.38. The van der Waals surface area contributed by atoms with Crippen LogP contribution in [0, 0.1) is 13.8 Å². The summed E-state index contributed by atoms with van der Waals surface area (Å²) < 4.78 is 25.4. The second-order valence-corrected chi connectivity index (χ2v) is 14.4. The second-order valence-electron chi connectivity index (χ2n) is 12.2. The fourth-order valence-corrected chi connectivity index (χ4v) is 7.35. The molecule has 0 amide bonds. The molecule has 49 heavy (non-hydrogen) atoms. The predicted octanol–water partition coefficient (Wildman–Crippen LogP) is 6.52. The Bertz CT molecular complexity index is 1740. The minimum Gasteiger partial charge on any atom is -0.494 e. The zero-order valence-electron chi connectivity index (χ0n) is 28.9. The number of halogens is 1. The van der Waals surface area contributed by atoms with Crippen LogP contribution < -0.4 is 30.1 Å². The van der Waals surface area contributed by atoms with Gasteiger partial charge in [0.05, 0.1) is 29.2 Å². The predicted molar refractivity (Wildman–Crippen MR) is 199 cm³/mol. The number of benzene rings is 2. The number of nitrogens with zero attached hydrogens (tertiary/aromatic N) is 6. The number of rotatable bonds is 12. The van der Waals surface area contributed by atoms with E-state index in [0.29, 0.717) is 33.8 Å². The second kappa shape index (κ2) is 16.0. The van der Waals surface area contributed by atoms with Crippen LogP contribution in [0.5, 0.6) is 11.5 Å². The van der Waals surface area contributed by atoms with E-state index < -0.39 is 8.60 Å². The Labute approximate surface area is 297 Å². The molecule has 15 heteroatoms. The Morgan fingerprint density at radius 2 is 1.71 bits per heavy atom. The first-order valence-corrected chi connectivity index (χ1v) is 18.3. The van der Waals surface area contributed by atoms with Crippen LogP contribution in [0.3, 0.4) is 0 Å². The van der Waals surface area contributed by atoms with E-state index >= 15 is 0 Å². The van der Waals surface area contributed by atoms with E-state index in [4.69, 9.17) is 23.3 Å².